The summed E-state index contributed by atoms with van der Waals surface area (Å²) in [5, 5.41) is 2.84. The lowest BCUT2D eigenvalue weighted by molar-refractivity contribution is -0.120. The van der Waals surface area contributed by atoms with E-state index in [-0.39, 0.29) is 17.9 Å². The van der Waals surface area contributed by atoms with Crippen molar-refractivity contribution in [3.05, 3.63) is 29.8 Å². The standard InChI is InChI=1S/C16H24FN3O3S/c1-20(2)24(22,23)19-15-9-5-13(6-10-15)16(21)18-14-7-3-12(11-17)4-8-14/h3-4,7-8,13,15,19H,5-6,9-11H2,1-2H3,(H,18,21)/t13-,15-. The van der Waals surface area contributed by atoms with E-state index in [4.69, 9.17) is 0 Å². The molecule has 1 fully saturated rings. The van der Waals surface area contributed by atoms with Crippen molar-refractivity contribution in [1.29, 1.82) is 0 Å². The molecule has 0 aromatic heterocycles. The maximum absolute atomic E-state index is 12.5. The van der Waals surface area contributed by atoms with Crippen molar-refractivity contribution < 1.29 is 17.6 Å². The largest absolute Gasteiger partial charge is 0.326 e. The number of hydrogen-bond donors (Lipinski definition) is 2. The van der Waals surface area contributed by atoms with Crippen LogP contribution in [0.2, 0.25) is 0 Å². The highest BCUT2D eigenvalue weighted by Crippen LogP contribution is 2.26. The van der Waals surface area contributed by atoms with Crippen molar-refractivity contribution in [2.45, 2.75) is 38.4 Å². The van der Waals surface area contributed by atoms with Gasteiger partial charge in [-0.2, -0.15) is 17.4 Å². The molecule has 0 radical (unpaired) electrons. The van der Waals surface area contributed by atoms with Crippen LogP contribution < -0.4 is 10.0 Å². The third kappa shape index (κ3) is 4.99. The third-order valence-electron chi connectivity index (χ3n) is 4.27. The van der Waals surface area contributed by atoms with Crippen molar-refractivity contribution in [3.8, 4) is 0 Å². The molecule has 1 aromatic rings. The molecular weight excluding hydrogens is 333 g/mol. The average Bonchev–Trinajstić information content (AvgIpc) is 2.55. The average molecular weight is 357 g/mol. The van der Waals surface area contributed by atoms with Crippen LogP contribution >= 0.6 is 0 Å². The SMILES string of the molecule is CN(C)S(=O)(=O)N[C@H]1CC[C@H](C(=O)Nc2ccc(CF)cc2)CC1. The van der Waals surface area contributed by atoms with E-state index < -0.39 is 16.9 Å². The molecule has 0 unspecified atom stereocenters. The fraction of sp³-hybridized carbons (Fsp3) is 0.562. The summed E-state index contributed by atoms with van der Waals surface area (Å²) in [4.78, 5) is 12.3. The second-order valence-corrected chi connectivity index (χ2v) is 8.19. The lowest BCUT2D eigenvalue weighted by Gasteiger charge is -2.29. The Balaban J connectivity index is 1.84. The summed E-state index contributed by atoms with van der Waals surface area (Å²) < 4.78 is 39.9. The maximum Gasteiger partial charge on any atom is 0.279 e. The summed E-state index contributed by atoms with van der Waals surface area (Å²) in [6.45, 7) is -0.527. The van der Waals surface area contributed by atoms with Crippen LogP contribution in [-0.4, -0.2) is 38.8 Å². The van der Waals surface area contributed by atoms with Gasteiger partial charge in [0.15, 0.2) is 0 Å². The van der Waals surface area contributed by atoms with E-state index in [0.717, 1.165) is 4.31 Å². The van der Waals surface area contributed by atoms with Crippen molar-refractivity contribution in [2.24, 2.45) is 5.92 Å². The van der Waals surface area contributed by atoms with E-state index in [2.05, 4.69) is 10.0 Å². The van der Waals surface area contributed by atoms with Gasteiger partial charge in [-0.1, -0.05) is 12.1 Å². The lowest BCUT2D eigenvalue weighted by atomic mass is 9.86. The Bertz CT molecular complexity index is 654. The molecule has 1 aliphatic carbocycles. The minimum atomic E-state index is -3.44. The normalized spacial score (nSPS) is 21.7. The summed E-state index contributed by atoms with van der Waals surface area (Å²) in [5.41, 5.74) is 1.22. The highest BCUT2D eigenvalue weighted by Gasteiger charge is 2.29. The number of rotatable bonds is 6. The molecule has 0 heterocycles. The number of carbonyl (C=O) groups excluding carboxylic acids is 1. The smallest absolute Gasteiger partial charge is 0.279 e. The molecule has 24 heavy (non-hydrogen) atoms. The summed E-state index contributed by atoms with van der Waals surface area (Å²) in [6.07, 6.45) is 2.53. The zero-order valence-electron chi connectivity index (χ0n) is 14.0. The first kappa shape index (κ1) is 18.8. The van der Waals surface area contributed by atoms with Crippen molar-refractivity contribution in [3.63, 3.8) is 0 Å². The Hall–Kier alpha value is -1.51. The number of anilines is 1. The van der Waals surface area contributed by atoms with Crippen LogP contribution in [0.25, 0.3) is 0 Å². The van der Waals surface area contributed by atoms with Gasteiger partial charge < -0.3 is 5.32 Å². The van der Waals surface area contributed by atoms with Gasteiger partial charge in [0.25, 0.3) is 10.2 Å². The first-order valence-electron chi connectivity index (χ1n) is 7.97. The highest BCUT2D eigenvalue weighted by molar-refractivity contribution is 7.87. The number of hydrogen-bond acceptors (Lipinski definition) is 3. The van der Waals surface area contributed by atoms with E-state index in [0.29, 0.717) is 36.9 Å². The fourth-order valence-electron chi connectivity index (χ4n) is 2.71. The first-order valence-corrected chi connectivity index (χ1v) is 9.41. The second-order valence-electron chi connectivity index (χ2n) is 6.27. The number of nitrogens with zero attached hydrogens (tertiary/aromatic N) is 1. The van der Waals surface area contributed by atoms with Crippen LogP contribution in [0.15, 0.2) is 24.3 Å². The number of amides is 1. The van der Waals surface area contributed by atoms with Crippen LogP contribution in [0.5, 0.6) is 0 Å². The lowest BCUT2D eigenvalue weighted by Crippen LogP contribution is -2.44. The summed E-state index contributed by atoms with van der Waals surface area (Å²) in [5.74, 6) is -0.206. The number of benzene rings is 1. The summed E-state index contributed by atoms with van der Waals surface area (Å²) in [7, 11) is -0.475. The molecule has 1 aliphatic rings. The van der Waals surface area contributed by atoms with E-state index in [9.17, 15) is 17.6 Å². The molecule has 134 valence electrons. The quantitative estimate of drug-likeness (QED) is 0.818. The molecule has 2 rings (SSSR count). The highest BCUT2D eigenvalue weighted by atomic mass is 32.2. The maximum atomic E-state index is 12.5. The number of alkyl halides is 1. The van der Waals surface area contributed by atoms with Crippen LogP contribution in [-0.2, 0) is 21.7 Å². The van der Waals surface area contributed by atoms with Gasteiger partial charge in [-0.25, -0.2) is 4.39 Å². The predicted octanol–water partition coefficient (Wildman–Crippen LogP) is 2.05. The van der Waals surface area contributed by atoms with E-state index in [1.807, 2.05) is 0 Å². The molecular formula is C16H24FN3O3S. The van der Waals surface area contributed by atoms with Crippen molar-refractivity contribution >= 4 is 21.8 Å². The zero-order valence-corrected chi connectivity index (χ0v) is 14.8. The molecule has 2 N–H and O–H groups in total. The molecule has 0 atom stereocenters. The molecule has 1 saturated carbocycles. The molecule has 0 bridgehead atoms. The van der Waals surface area contributed by atoms with Gasteiger partial charge in [-0.05, 0) is 43.4 Å². The monoisotopic (exact) mass is 357 g/mol. The third-order valence-corrected chi connectivity index (χ3v) is 5.86. The number of nitrogens with one attached hydrogen (secondary N) is 2. The molecule has 6 nitrogen and oxygen atoms in total. The van der Waals surface area contributed by atoms with E-state index in [1.54, 1.807) is 24.3 Å². The number of halogens is 1. The van der Waals surface area contributed by atoms with Gasteiger partial charge in [-0.3, -0.25) is 4.79 Å². The second kappa shape index (κ2) is 8.04. The Morgan fingerprint density at radius 3 is 2.25 bits per heavy atom. The van der Waals surface area contributed by atoms with Gasteiger partial charge in [0.1, 0.15) is 6.67 Å². The minimum Gasteiger partial charge on any atom is -0.326 e. The van der Waals surface area contributed by atoms with Crippen molar-refractivity contribution in [2.75, 3.05) is 19.4 Å². The molecule has 1 amide bonds. The van der Waals surface area contributed by atoms with Crippen LogP contribution in [0.1, 0.15) is 31.2 Å². The van der Waals surface area contributed by atoms with Gasteiger partial charge >= 0.3 is 0 Å². The Labute approximate surface area is 142 Å². The molecule has 0 aliphatic heterocycles. The molecule has 1 aromatic carbocycles. The van der Waals surface area contributed by atoms with Crippen LogP contribution in [0.4, 0.5) is 10.1 Å². The zero-order chi connectivity index (χ0) is 17.7. The van der Waals surface area contributed by atoms with Crippen LogP contribution in [0, 0.1) is 5.92 Å². The summed E-state index contributed by atoms with van der Waals surface area (Å²) >= 11 is 0. The topological polar surface area (TPSA) is 78.5 Å². The van der Waals surface area contributed by atoms with Gasteiger partial charge in [-0.15, -0.1) is 0 Å². The Kier molecular flexibility index (Phi) is 6.31. The first-order chi connectivity index (χ1) is 11.3. The minimum absolute atomic E-state index is 0.0723. The molecule has 0 spiro atoms. The number of carbonyl (C=O) groups is 1. The van der Waals surface area contributed by atoms with Crippen molar-refractivity contribution in [1.82, 2.24) is 9.03 Å². The van der Waals surface area contributed by atoms with Gasteiger partial charge in [0.2, 0.25) is 5.91 Å². The molecule has 0 saturated heterocycles. The Morgan fingerprint density at radius 1 is 1.17 bits per heavy atom. The fourth-order valence-corrected chi connectivity index (χ4v) is 3.58. The van der Waals surface area contributed by atoms with E-state index >= 15 is 0 Å². The van der Waals surface area contributed by atoms with Crippen LogP contribution in [0.3, 0.4) is 0 Å². The summed E-state index contributed by atoms with van der Waals surface area (Å²) in [6, 6.07) is 6.52. The molecule has 8 heteroatoms. The van der Waals surface area contributed by atoms with Gasteiger partial charge in [0.05, 0.1) is 0 Å². The Morgan fingerprint density at radius 2 is 1.75 bits per heavy atom. The van der Waals surface area contributed by atoms with Gasteiger partial charge in [0, 0.05) is 31.7 Å². The van der Waals surface area contributed by atoms with E-state index in [1.165, 1.54) is 14.1 Å². The predicted molar refractivity (Wildman–Crippen MR) is 91.4 cm³/mol.